The van der Waals surface area contributed by atoms with Crippen LogP contribution in [0.4, 0.5) is 4.79 Å². The van der Waals surface area contributed by atoms with Crippen LogP contribution in [0.1, 0.15) is 11.5 Å². The van der Waals surface area contributed by atoms with E-state index in [1.807, 2.05) is 5.32 Å². The molecular weight excluding hydrogens is 356 g/mol. The third kappa shape index (κ3) is 3.80. The average Bonchev–Trinajstić information content (AvgIpc) is 3.33. The Kier molecular flexibility index (Phi) is 4.90. The fourth-order valence-corrected chi connectivity index (χ4v) is 2.34. The molecule has 27 heavy (non-hydrogen) atoms. The maximum Gasteiger partial charge on any atom is 0.410 e. The lowest BCUT2D eigenvalue weighted by atomic mass is 10.1. The zero-order valence-electron chi connectivity index (χ0n) is 13.6. The molecule has 0 aliphatic heterocycles. The summed E-state index contributed by atoms with van der Waals surface area (Å²) in [5.41, 5.74) is 3.17. The van der Waals surface area contributed by atoms with Crippen LogP contribution in [-0.2, 0) is 0 Å². The Labute approximate surface area is 151 Å². The van der Waals surface area contributed by atoms with Gasteiger partial charge in [0.2, 0.25) is 5.84 Å². The highest BCUT2D eigenvalue weighted by atomic mass is 16.5. The zero-order chi connectivity index (χ0) is 19.4. The summed E-state index contributed by atoms with van der Waals surface area (Å²) in [6.45, 7) is 0. The maximum atomic E-state index is 10.6. The number of nitrogens with zero attached hydrogens (tertiary/aromatic N) is 1. The molecule has 0 aliphatic carbocycles. The molecule has 2 aromatic heterocycles. The van der Waals surface area contributed by atoms with E-state index in [9.17, 15) is 4.79 Å². The van der Waals surface area contributed by atoms with Crippen LogP contribution in [0.25, 0.3) is 22.6 Å². The summed E-state index contributed by atoms with van der Waals surface area (Å²) in [4.78, 5) is 10.6. The molecule has 0 bridgehead atoms. The van der Waals surface area contributed by atoms with Gasteiger partial charge >= 0.3 is 6.09 Å². The minimum absolute atomic E-state index is 0.0967. The summed E-state index contributed by atoms with van der Waals surface area (Å²) in [5.74, 6) is 0.623. The van der Waals surface area contributed by atoms with Crippen molar-refractivity contribution < 1.29 is 29.1 Å². The second-order valence-corrected chi connectivity index (χ2v) is 5.27. The van der Waals surface area contributed by atoms with Gasteiger partial charge in [-0.25, -0.2) is 10.3 Å². The number of hydrogen-bond donors (Lipinski definition) is 6. The molecule has 0 radical (unpaired) electrons. The molecule has 3 aromatic rings. The third-order valence-electron chi connectivity index (χ3n) is 3.58. The lowest BCUT2D eigenvalue weighted by molar-refractivity contribution is 0.200. The molecule has 3 rings (SSSR count). The van der Waals surface area contributed by atoms with E-state index in [1.165, 1.54) is 12.1 Å². The summed E-state index contributed by atoms with van der Waals surface area (Å²) < 4.78 is 11.0. The van der Waals surface area contributed by atoms with Crippen molar-refractivity contribution in [1.29, 1.82) is 5.41 Å². The summed E-state index contributed by atoms with van der Waals surface area (Å²) >= 11 is 0. The van der Waals surface area contributed by atoms with Crippen LogP contribution < -0.4 is 10.8 Å². The number of amides is 1. The Morgan fingerprint density at radius 1 is 0.926 bits per heavy atom. The molecular formula is C17H14N4O6. The molecule has 10 nitrogen and oxygen atoms in total. The number of furan rings is 2. The van der Waals surface area contributed by atoms with E-state index in [4.69, 9.17) is 29.8 Å². The number of carbonyl (C=O) groups is 1. The SMILES string of the molecule is N=C(NC(=O)O)c1ccc(-c2ccc(-c3ccc(/C(=N/O)NO)o3)cc2)o1. The molecule has 0 saturated heterocycles. The lowest BCUT2D eigenvalue weighted by Gasteiger charge is -2.02. The Hall–Kier alpha value is -4.05. The van der Waals surface area contributed by atoms with Gasteiger partial charge in [0, 0.05) is 11.1 Å². The fourth-order valence-electron chi connectivity index (χ4n) is 2.34. The van der Waals surface area contributed by atoms with Crippen molar-refractivity contribution in [2.45, 2.75) is 0 Å². The number of benzene rings is 1. The fraction of sp³-hybridized carbons (Fsp3) is 0. The highest BCUT2D eigenvalue weighted by molar-refractivity contribution is 6.02. The van der Waals surface area contributed by atoms with Crippen molar-refractivity contribution in [3.8, 4) is 22.6 Å². The molecule has 6 N–H and O–H groups in total. The van der Waals surface area contributed by atoms with E-state index >= 15 is 0 Å². The van der Waals surface area contributed by atoms with Crippen molar-refractivity contribution in [3.63, 3.8) is 0 Å². The van der Waals surface area contributed by atoms with Gasteiger partial charge in [-0.2, -0.15) is 0 Å². The van der Waals surface area contributed by atoms with Crippen LogP contribution in [0.15, 0.2) is 62.5 Å². The number of hydrogen-bond acceptors (Lipinski definition) is 7. The first kappa shape index (κ1) is 17.8. The number of carboxylic acid groups (broad SMARTS) is 1. The van der Waals surface area contributed by atoms with E-state index < -0.39 is 6.09 Å². The molecule has 1 aromatic carbocycles. The molecule has 2 heterocycles. The van der Waals surface area contributed by atoms with Crippen LogP contribution in [0.3, 0.4) is 0 Å². The molecule has 10 heteroatoms. The number of amidine groups is 2. The van der Waals surface area contributed by atoms with Gasteiger partial charge in [0.1, 0.15) is 11.5 Å². The summed E-state index contributed by atoms with van der Waals surface area (Å²) in [7, 11) is 0. The second-order valence-electron chi connectivity index (χ2n) is 5.27. The van der Waals surface area contributed by atoms with Crippen molar-refractivity contribution in [1.82, 2.24) is 10.8 Å². The van der Waals surface area contributed by atoms with Crippen LogP contribution in [0, 0.1) is 5.41 Å². The van der Waals surface area contributed by atoms with Crippen LogP contribution in [-0.4, -0.2) is 33.3 Å². The predicted molar refractivity (Wildman–Crippen MR) is 93.1 cm³/mol. The highest BCUT2D eigenvalue weighted by Crippen LogP contribution is 2.27. The average molecular weight is 370 g/mol. The standard InChI is InChI=1S/C17H14N4O6/c18-15(19-17(22)23)13-7-5-11(26-13)9-1-3-10(4-2-9)12-6-8-14(27-12)16(20-24)21-25/h1-8,24-25H,(H2,18,19)(H,20,21)(H,22,23). The minimum atomic E-state index is -1.34. The quantitative estimate of drug-likeness (QED) is 0.178. The van der Waals surface area contributed by atoms with Crippen LogP contribution >= 0.6 is 0 Å². The van der Waals surface area contributed by atoms with Gasteiger partial charge < -0.3 is 19.1 Å². The van der Waals surface area contributed by atoms with Gasteiger partial charge in [-0.3, -0.25) is 15.9 Å². The van der Waals surface area contributed by atoms with Gasteiger partial charge in [0.25, 0.3) is 0 Å². The highest BCUT2D eigenvalue weighted by Gasteiger charge is 2.13. The molecule has 138 valence electrons. The van der Waals surface area contributed by atoms with Crippen molar-refractivity contribution in [3.05, 3.63) is 60.1 Å². The Morgan fingerprint density at radius 3 is 1.93 bits per heavy atom. The molecule has 0 fully saturated rings. The van der Waals surface area contributed by atoms with Crippen molar-refractivity contribution in [2.75, 3.05) is 0 Å². The smallest absolute Gasteiger partial charge is 0.410 e. The summed E-state index contributed by atoms with van der Waals surface area (Å²) in [6.07, 6.45) is -1.34. The topological polar surface area (TPSA) is 164 Å². The van der Waals surface area contributed by atoms with Gasteiger partial charge in [-0.1, -0.05) is 29.4 Å². The maximum absolute atomic E-state index is 10.6. The largest absolute Gasteiger partial charge is 0.465 e. The molecule has 0 atom stereocenters. The second kappa shape index (κ2) is 7.45. The third-order valence-corrected chi connectivity index (χ3v) is 3.58. The molecule has 1 amide bonds. The van der Waals surface area contributed by atoms with Gasteiger partial charge in [-0.15, -0.1) is 0 Å². The predicted octanol–water partition coefficient (Wildman–Crippen LogP) is 2.91. The lowest BCUT2D eigenvalue weighted by Crippen LogP contribution is -2.28. The summed E-state index contributed by atoms with van der Waals surface area (Å²) in [5, 5.41) is 38.6. The first-order valence-electron chi connectivity index (χ1n) is 7.53. The van der Waals surface area contributed by atoms with Gasteiger partial charge in [0.05, 0.1) is 0 Å². The molecule has 0 saturated carbocycles. The van der Waals surface area contributed by atoms with Crippen LogP contribution in [0.2, 0.25) is 0 Å². The number of hydroxylamine groups is 1. The van der Waals surface area contributed by atoms with Crippen molar-refractivity contribution >= 4 is 17.8 Å². The van der Waals surface area contributed by atoms with E-state index in [2.05, 4.69) is 5.16 Å². The zero-order valence-corrected chi connectivity index (χ0v) is 13.6. The van der Waals surface area contributed by atoms with Crippen molar-refractivity contribution in [2.24, 2.45) is 5.16 Å². The Morgan fingerprint density at radius 2 is 1.44 bits per heavy atom. The Bertz CT molecular complexity index is 1000. The van der Waals surface area contributed by atoms with E-state index in [0.717, 1.165) is 11.1 Å². The van der Waals surface area contributed by atoms with Gasteiger partial charge in [-0.05, 0) is 24.3 Å². The Balaban J connectivity index is 1.79. The van der Waals surface area contributed by atoms with E-state index in [1.54, 1.807) is 41.9 Å². The monoisotopic (exact) mass is 370 g/mol. The normalized spacial score (nSPS) is 11.2. The molecule has 0 unspecified atom stereocenters. The first-order valence-corrected chi connectivity index (χ1v) is 7.53. The first-order chi connectivity index (χ1) is 13.0. The number of rotatable bonds is 4. The summed E-state index contributed by atoms with van der Waals surface area (Å²) in [6, 6.07) is 13.4. The van der Waals surface area contributed by atoms with Crippen LogP contribution in [0.5, 0.6) is 0 Å². The van der Waals surface area contributed by atoms with Gasteiger partial charge in [0.15, 0.2) is 17.4 Å². The molecule has 0 aliphatic rings. The van der Waals surface area contributed by atoms with E-state index in [-0.39, 0.29) is 23.2 Å². The molecule has 0 spiro atoms. The number of nitrogens with one attached hydrogen (secondary N) is 3. The minimum Gasteiger partial charge on any atom is -0.465 e. The number of oxime groups is 1. The van der Waals surface area contributed by atoms with E-state index in [0.29, 0.717) is 11.5 Å².